The smallest absolute Gasteiger partial charge is 0.147 e. The van der Waals surface area contributed by atoms with E-state index in [0.29, 0.717) is 11.8 Å². The van der Waals surface area contributed by atoms with Crippen LogP contribution in [0.1, 0.15) is 20.3 Å². The molecule has 0 bridgehead atoms. The number of likely N-dealkylation sites (tertiary alicyclic amines) is 1. The van der Waals surface area contributed by atoms with E-state index in [-0.39, 0.29) is 5.92 Å². The first-order valence-corrected chi connectivity index (χ1v) is 5.03. The summed E-state index contributed by atoms with van der Waals surface area (Å²) in [5, 5.41) is 0. The Balaban J connectivity index is 2.44. The van der Waals surface area contributed by atoms with Gasteiger partial charge in [0, 0.05) is 7.11 Å². The maximum Gasteiger partial charge on any atom is 0.147 e. The normalized spacial score (nSPS) is 35.0. The molecule has 0 aromatic carbocycles. The number of carbonyl (C=O) groups is 1. The van der Waals surface area contributed by atoms with E-state index in [4.69, 9.17) is 4.74 Å². The second kappa shape index (κ2) is 4.72. The van der Waals surface area contributed by atoms with Gasteiger partial charge in [0.05, 0.1) is 31.5 Å². The van der Waals surface area contributed by atoms with E-state index in [1.807, 2.05) is 6.92 Å². The lowest BCUT2D eigenvalue weighted by Crippen LogP contribution is -3.17. The Hall–Kier alpha value is -0.410. The molecule has 0 amide bonds. The highest BCUT2D eigenvalue weighted by Crippen LogP contribution is 2.07. The molecule has 3 atom stereocenters. The number of quaternary nitrogens is 1. The number of methoxy groups -OCH3 is 1. The number of hydrogen-bond acceptors (Lipinski definition) is 2. The van der Waals surface area contributed by atoms with Gasteiger partial charge in [-0.05, 0) is 13.8 Å². The second-order valence-electron chi connectivity index (χ2n) is 3.94. The molecule has 1 fully saturated rings. The van der Waals surface area contributed by atoms with Gasteiger partial charge in [-0.15, -0.1) is 0 Å². The van der Waals surface area contributed by atoms with Crippen molar-refractivity contribution in [1.82, 2.24) is 0 Å². The van der Waals surface area contributed by atoms with Gasteiger partial charge in [-0.1, -0.05) is 0 Å². The van der Waals surface area contributed by atoms with Crippen molar-refractivity contribution in [2.24, 2.45) is 5.92 Å². The average Bonchev–Trinajstić information content (AvgIpc) is 2.13. The quantitative estimate of drug-likeness (QED) is 0.645. The third-order valence-electron chi connectivity index (χ3n) is 3.22. The predicted octanol–water partition coefficient (Wildman–Crippen LogP) is -0.485. The maximum atomic E-state index is 11.4. The van der Waals surface area contributed by atoms with Crippen LogP contribution in [0.25, 0.3) is 0 Å². The van der Waals surface area contributed by atoms with Crippen molar-refractivity contribution < 1.29 is 14.4 Å². The molecule has 1 unspecified atom stereocenters. The zero-order valence-electron chi connectivity index (χ0n) is 8.80. The van der Waals surface area contributed by atoms with Crippen LogP contribution in [0, 0.1) is 5.92 Å². The molecule has 3 heteroatoms. The van der Waals surface area contributed by atoms with Crippen LogP contribution in [0.3, 0.4) is 0 Å². The van der Waals surface area contributed by atoms with Crippen molar-refractivity contribution in [2.75, 3.05) is 26.8 Å². The Morgan fingerprint density at radius 3 is 2.85 bits per heavy atom. The summed E-state index contributed by atoms with van der Waals surface area (Å²) in [7, 11) is 1.72. The first-order chi connectivity index (χ1) is 6.16. The van der Waals surface area contributed by atoms with Crippen LogP contribution in [-0.2, 0) is 9.53 Å². The summed E-state index contributed by atoms with van der Waals surface area (Å²) in [4.78, 5) is 12.9. The highest BCUT2D eigenvalue weighted by atomic mass is 16.5. The molecular weight excluding hydrogens is 166 g/mol. The summed E-state index contributed by atoms with van der Waals surface area (Å²) in [6.07, 6.45) is 0.741. The SMILES string of the molecule is COCC[NH+]1CCC(=O)[C@@H](C)[C@H]1C. The fraction of sp³-hybridized carbons (Fsp3) is 0.900. The molecule has 1 rings (SSSR count). The molecule has 0 spiro atoms. The zero-order chi connectivity index (χ0) is 9.84. The van der Waals surface area contributed by atoms with Crippen LogP contribution in [0.5, 0.6) is 0 Å². The third kappa shape index (κ3) is 2.51. The van der Waals surface area contributed by atoms with Gasteiger partial charge in [-0.2, -0.15) is 0 Å². The summed E-state index contributed by atoms with van der Waals surface area (Å²) in [6.45, 7) is 7.00. The molecule has 0 aliphatic carbocycles. The lowest BCUT2D eigenvalue weighted by Gasteiger charge is -2.33. The van der Waals surface area contributed by atoms with E-state index in [1.54, 1.807) is 7.11 Å². The highest BCUT2D eigenvalue weighted by molar-refractivity contribution is 5.81. The van der Waals surface area contributed by atoms with E-state index in [1.165, 1.54) is 4.90 Å². The molecule has 0 radical (unpaired) electrons. The molecule has 1 heterocycles. The lowest BCUT2D eigenvalue weighted by molar-refractivity contribution is -0.928. The number of ether oxygens (including phenoxy) is 1. The summed E-state index contributed by atoms with van der Waals surface area (Å²) < 4.78 is 5.05. The van der Waals surface area contributed by atoms with Crippen molar-refractivity contribution in [3.63, 3.8) is 0 Å². The van der Waals surface area contributed by atoms with Crippen LogP contribution < -0.4 is 4.90 Å². The standard InChI is InChI=1S/C10H19NO2/c1-8-9(2)11(6-7-13-3)5-4-10(8)12/h8-9H,4-7H2,1-3H3/p+1/t8-,9+/m0/s1. The Morgan fingerprint density at radius 2 is 2.23 bits per heavy atom. The minimum absolute atomic E-state index is 0.223. The lowest BCUT2D eigenvalue weighted by atomic mass is 9.91. The molecule has 0 aromatic rings. The molecule has 13 heavy (non-hydrogen) atoms. The van der Waals surface area contributed by atoms with Gasteiger partial charge in [0.15, 0.2) is 0 Å². The van der Waals surface area contributed by atoms with Gasteiger partial charge in [-0.25, -0.2) is 0 Å². The first kappa shape index (κ1) is 10.7. The van der Waals surface area contributed by atoms with E-state index in [0.717, 1.165) is 26.1 Å². The van der Waals surface area contributed by atoms with Gasteiger partial charge in [0.25, 0.3) is 0 Å². The average molecular weight is 186 g/mol. The van der Waals surface area contributed by atoms with Crippen LogP contribution in [0.4, 0.5) is 0 Å². The minimum Gasteiger partial charge on any atom is -0.379 e. The van der Waals surface area contributed by atoms with E-state index in [9.17, 15) is 4.79 Å². The van der Waals surface area contributed by atoms with Crippen molar-refractivity contribution in [2.45, 2.75) is 26.3 Å². The Kier molecular flexibility index (Phi) is 3.88. The largest absolute Gasteiger partial charge is 0.379 e. The Bertz CT molecular complexity index is 182. The van der Waals surface area contributed by atoms with Crippen LogP contribution >= 0.6 is 0 Å². The van der Waals surface area contributed by atoms with Crippen molar-refractivity contribution in [3.05, 3.63) is 0 Å². The summed E-state index contributed by atoms with van der Waals surface area (Å²) in [6, 6.07) is 0.455. The number of ketones is 1. The number of Topliss-reactive ketones (excluding diaryl/α,β-unsaturated/α-hetero) is 1. The van der Waals surface area contributed by atoms with Gasteiger partial charge in [-0.3, -0.25) is 4.79 Å². The predicted molar refractivity (Wildman–Crippen MR) is 50.8 cm³/mol. The van der Waals surface area contributed by atoms with Crippen molar-refractivity contribution in [1.29, 1.82) is 0 Å². The maximum absolute atomic E-state index is 11.4. The van der Waals surface area contributed by atoms with Gasteiger partial charge in [0.1, 0.15) is 12.3 Å². The van der Waals surface area contributed by atoms with Crippen molar-refractivity contribution >= 4 is 5.78 Å². The molecule has 0 saturated carbocycles. The number of piperidine rings is 1. The Morgan fingerprint density at radius 1 is 1.54 bits per heavy atom. The molecule has 1 aliphatic heterocycles. The van der Waals surface area contributed by atoms with E-state index >= 15 is 0 Å². The minimum atomic E-state index is 0.223. The second-order valence-corrected chi connectivity index (χ2v) is 3.94. The summed E-state index contributed by atoms with van der Waals surface area (Å²) in [5.74, 6) is 0.647. The first-order valence-electron chi connectivity index (χ1n) is 5.03. The van der Waals surface area contributed by atoms with E-state index < -0.39 is 0 Å². The monoisotopic (exact) mass is 186 g/mol. The molecule has 3 nitrogen and oxygen atoms in total. The summed E-state index contributed by atoms with van der Waals surface area (Å²) in [5.41, 5.74) is 0. The van der Waals surface area contributed by atoms with E-state index in [2.05, 4.69) is 6.92 Å². The number of hydrogen-bond donors (Lipinski definition) is 1. The Labute approximate surface area is 80.1 Å². The van der Waals surface area contributed by atoms with Gasteiger partial charge >= 0.3 is 0 Å². The van der Waals surface area contributed by atoms with Crippen LogP contribution in [0.2, 0.25) is 0 Å². The molecule has 0 aromatic heterocycles. The van der Waals surface area contributed by atoms with Crippen LogP contribution in [0.15, 0.2) is 0 Å². The number of carbonyl (C=O) groups excluding carboxylic acids is 1. The fourth-order valence-electron chi connectivity index (χ4n) is 1.96. The number of nitrogens with one attached hydrogen (secondary N) is 1. The molecular formula is C10H20NO2+. The highest BCUT2D eigenvalue weighted by Gasteiger charge is 2.33. The topological polar surface area (TPSA) is 30.7 Å². The number of rotatable bonds is 3. The molecule has 76 valence electrons. The van der Waals surface area contributed by atoms with Crippen LogP contribution in [-0.4, -0.2) is 38.6 Å². The molecule has 1 aliphatic rings. The third-order valence-corrected chi connectivity index (χ3v) is 3.22. The summed E-state index contributed by atoms with van der Waals surface area (Å²) >= 11 is 0. The van der Waals surface area contributed by atoms with Gasteiger partial charge < -0.3 is 9.64 Å². The molecule has 1 saturated heterocycles. The van der Waals surface area contributed by atoms with Gasteiger partial charge in [0.2, 0.25) is 0 Å². The zero-order valence-corrected chi connectivity index (χ0v) is 8.80. The molecule has 1 N–H and O–H groups in total. The van der Waals surface area contributed by atoms with Crippen molar-refractivity contribution in [3.8, 4) is 0 Å². The fourth-order valence-corrected chi connectivity index (χ4v) is 1.96.